The van der Waals surface area contributed by atoms with Gasteiger partial charge in [-0.2, -0.15) is 0 Å². The van der Waals surface area contributed by atoms with Crippen LogP contribution in [0.25, 0.3) is 6.08 Å². The molecule has 2 rings (SSSR count). The molecule has 1 amide bonds. The number of carbonyl (C=O) groups is 1. The maximum absolute atomic E-state index is 12.1. The summed E-state index contributed by atoms with van der Waals surface area (Å²) in [5.41, 5.74) is 1.33. The third-order valence-electron chi connectivity index (χ3n) is 3.86. The van der Waals surface area contributed by atoms with Gasteiger partial charge in [0, 0.05) is 50.4 Å². The van der Waals surface area contributed by atoms with Gasteiger partial charge in [0.25, 0.3) is 0 Å². The standard InChI is InChI=1S/C18H25N3O4/c1-14(21(23)24)13-15-7-5-6-8-16(15)19-9-11-20(12-10-19)17(22)25-18(2,3)4/h5-8,13H,9-12H2,1-4H3/b14-13+. The van der Waals surface area contributed by atoms with Crippen LogP contribution in [0.3, 0.4) is 0 Å². The van der Waals surface area contributed by atoms with Crippen LogP contribution in [-0.4, -0.2) is 47.7 Å². The van der Waals surface area contributed by atoms with E-state index < -0.39 is 10.5 Å². The summed E-state index contributed by atoms with van der Waals surface area (Å²) in [4.78, 5) is 26.5. The van der Waals surface area contributed by atoms with Gasteiger partial charge in [0.2, 0.25) is 5.70 Å². The number of anilines is 1. The Morgan fingerprint density at radius 2 is 1.80 bits per heavy atom. The first-order valence-corrected chi connectivity index (χ1v) is 8.32. The van der Waals surface area contributed by atoms with E-state index in [-0.39, 0.29) is 11.8 Å². The van der Waals surface area contributed by atoms with Gasteiger partial charge in [-0.25, -0.2) is 4.79 Å². The minimum atomic E-state index is -0.508. The van der Waals surface area contributed by atoms with Gasteiger partial charge in [-0.3, -0.25) is 10.1 Å². The number of rotatable bonds is 3. The van der Waals surface area contributed by atoms with Crippen LogP contribution in [0.4, 0.5) is 10.5 Å². The third-order valence-corrected chi connectivity index (χ3v) is 3.86. The molecule has 7 heteroatoms. The van der Waals surface area contributed by atoms with E-state index in [1.54, 1.807) is 11.0 Å². The normalized spacial score (nSPS) is 15.9. The van der Waals surface area contributed by atoms with Gasteiger partial charge >= 0.3 is 6.09 Å². The summed E-state index contributed by atoms with van der Waals surface area (Å²) in [5.74, 6) is 0. The number of hydrogen-bond acceptors (Lipinski definition) is 5. The molecule has 0 aromatic heterocycles. The molecule has 7 nitrogen and oxygen atoms in total. The van der Waals surface area contributed by atoms with Gasteiger partial charge in [0.1, 0.15) is 5.60 Å². The Balaban J connectivity index is 2.08. The van der Waals surface area contributed by atoms with Crippen molar-refractivity contribution < 1.29 is 14.5 Å². The van der Waals surface area contributed by atoms with Crippen LogP contribution in [0.5, 0.6) is 0 Å². The van der Waals surface area contributed by atoms with Gasteiger partial charge in [-0.05, 0) is 26.8 Å². The van der Waals surface area contributed by atoms with Crippen molar-refractivity contribution in [3.63, 3.8) is 0 Å². The summed E-state index contributed by atoms with van der Waals surface area (Å²) in [6.07, 6.45) is 1.28. The molecule has 1 saturated heterocycles. The van der Waals surface area contributed by atoms with Gasteiger partial charge in [0.15, 0.2) is 0 Å². The third kappa shape index (κ3) is 5.20. The molecule has 0 atom stereocenters. The number of carbonyl (C=O) groups excluding carboxylic acids is 1. The number of ether oxygens (including phenoxy) is 1. The lowest BCUT2D eigenvalue weighted by molar-refractivity contribution is -0.422. The molecule has 0 N–H and O–H groups in total. The minimum absolute atomic E-state index is 0.0971. The molecule has 0 bridgehead atoms. The van der Waals surface area contributed by atoms with Crippen molar-refractivity contribution in [2.75, 3.05) is 31.1 Å². The van der Waals surface area contributed by atoms with E-state index >= 15 is 0 Å². The molecular weight excluding hydrogens is 322 g/mol. The Bertz CT molecular complexity index is 671. The molecule has 136 valence electrons. The van der Waals surface area contributed by atoms with Crippen LogP contribution in [0.1, 0.15) is 33.3 Å². The predicted molar refractivity (Wildman–Crippen MR) is 97.1 cm³/mol. The Morgan fingerprint density at radius 1 is 1.20 bits per heavy atom. The lowest BCUT2D eigenvalue weighted by Gasteiger charge is -2.37. The molecule has 0 unspecified atom stereocenters. The molecule has 0 aliphatic carbocycles. The second kappa shape index (κ2) is 7.55. The average molecular weight is 347 g/mol. The Morgan fingerprint density at radius 3 is 2.36 bits per heavy atom. The fraction of sp³-hybridized carbons (Fsp3) is 0.500. The topological polar surface area (TPSA) is 75.9 Å². The maximum Gasteiger partial charge on any atom is 0.410 e. The van der Waals surface area contributed by atoms with Crippen molar-refractivity contribution in [3.8, 4) is 0 Å². The number of para-hydroxylation sites is 1. The van der Waals surface area contributed by atoms with E-state index in [1.807, 2.05) is 45.0 Å². The summed E-state index contributed by atoms with van der Waals surface area (Å²) >= 11 is 0. The predicted octanol–water partition coefficient (Wildman–Crippen LogP) is 3.38. The van der Waals surface area contributed by atoms with E-state index in [0.717, 1.165) is 11.3 Å². The zero-order valence-electron chi connectivity index (χ0n) is 15.2. The zero-order chi connectivity index (χ0) is 18.6. The molecule has 0 saturated carbocycles. The van der Waals surface area contributed by atoms with E-state index in [9.17, 15) is 14.9 Å². The number of allylic oxidation sites excluding steroid dienone is 1. The quantitative estimate of drug-likeness (QED) is 0.619. The SMILES string of the molecule is C/C(=C\c1ccccc1N1CCN(C(=O)OC(C)(C)C)CC1)[N+](=O)[O-]. The van der Waals surface area contributed by atoms with Crippen LogP contribution in [0.2, 0.25) is 0 Å². The number of benzene rings is 1. The zero-order valence-corrected chi connectivity index (χ0v) is 15.2. The van der Waals surface area contributed by atoms with Crippen LogP contribution in [0, 0.1) is 10.1 Å². The first kappa shape index (κ1) is 18.8. The van der Waals surface area contributed by atoms with Crippen molar-refractivity contribution in [3.05, 3.63) is 45.6 Å². The summed E-state index contributed by atoms with van der Waals surface area (Å²) in [6.45, 7) is 9.45. The number of hydrogen-bond donors (Lipinski definition) is 0. The van der Waals surface area contributed by atoms with E-state index in [1.165, 1.54) is 6.92 Å². The fourth-order valence-corrected chi connectivity index (χ4v) is 2.63. The fourth-order valence-electron chi connectivity index (χ4n) is 2.63. The van der Waals surface area contributed by atoms with Crippen molar-refractivity contribution in [1.29, 1.82) is 0 Å². The highest BCUT2D eigenvalue weighted by atomic mass is 16.6. The maximum atomic E-state index is 12.1. The highest BCUT2D eigenvalue weighted by molar-refractivity contribution is 5.70. The van der Waals surface area contributed by atoms with Crippen LogP contribution in [-0.2, 0) is 4.74 Å². The molecule has 1 aliphatic heterocycles. The molecule has 1 aliphatic rings. The monoisotopic (exact) mass is 347 g/mol. The second-order valence-electron chi connectivity index (χ2n) is 7.06. The summed E-state index contributed by atoms with van der Waals surface area (Å²) < 4.78 is 5.40. The minimum Gasteiger partial charge on any atom is -0.444 e. The molecule has 1 fully saturated rings. The van der Waals surface area contributed by atoms with Crippen molar-refractivity contribution in [1.82, 2.24) is 4.90 Å². The van der Waals surface area contributed by atoms with Crippen LogP contribution >= 0.6 is 0 Å². The first-order chi connectivity index (χ1) is 11.7. The number of nitrogens with zero attached hydrogens (tertiary/aromatic N) is 3. The number of nitro groups is 1. The Hall–Kier alpha value is -2.57. The highest BCUT2D eigenvalue weighted by Gasteiger charge is 2.26. The van der Waals surface area contributed by atoms with Crippen molar-refractivity contribution >= 4 is 17.9 Å². The first-order valence-electron chi connectivity index (χ1n) is 8.32. The average Bonchev–Trinajstić information content (AvgIpc) is 2.54. The van der Waals surface area contributed by atoms with Gasteiger partial charge in [-0.1, -0.05) is 18.2 Å². The summed E-state index contributed by atoms with van der Waals surface area (Å²) in [6, 6.07) is 7.58. The van der Waals surface area contributed by atoms with Crippen LogP contribution < -0.4 is 4.90 Å². The van der Waals surface area contributed by atoms with Crippen molar-refractivity contribution in [2.24, 2.45) is 0 Å². The molecule has 0 spiro atoms. The van der Waals surface area contributed by atoms with Crippen LogP contribution in [0.15, 0.2) is 30.0 Å². The largest absolute Gasteiger partial charge is 0.444 e. The van der Waals surface area contributed by atoms with E-state index in [0.29, 0.717) is 26.2 Å². The van der Waals surface area contributed by atoms with Gasteiger partial charge in [0.05, 0.1) is 4.92 Å². The lowest BCUT2D eigenvalue weighted by Crippen LogP contribution is -2.50. The Kier molecular flexibility index (Phi) is 5.66. The highest BCUT2D eigenvalue weighted by Crippen LogP contribution is 2.24. The van der Waals surface area contributed by atoms with Gasteiger partial charge < -0.3 is 14.5 Å². The van der Waals surface area contributed by atoms with Gasteiger partial charge in [-0.15, -0.1) is 0 Å². The summed E-state index contributed by atoms with van der Waals surface area (Å²) in [7, 11) is 0. The van der Waals surface area contributed by atoms with E-state index in [4.69, 9.17) is 4.74 Å². The molecular formula is C18H25N3O4. The number of piperazine rings is 1. The lowest BCUT2D eigenvalue weighted by atomic mass is 10.1. The smallest absolute Gasteiger partial charge is 0.410 e. The Labute approximate surface area is 148 Å². The molecule has 25 heavy (non-hydrogen) atoms. The van der Waals surface area contributed by atoms with Crippen molar-refractivity contribution in [2.45, 2.75) is 33.3 Å². The number of amides is 1. The molecule has 1 aromatic rings. The van der Waals surface area contributed by atoms with E-state index in [2.05, 4.69) is 4.90 Å². The summed E-state index contributed by atoms with van der Waals surface area (Å²) in [5, 5.41) is 10.9. The molecule has 0 radical (unpaired) electrons. The molecule has 1 heterocycles. The molecule has 1 aromatic carbocycles. The second-order valence-corrected chi connectivity index (χ2v) is 7.06.